The number of hydrogen-bond donors (Lipinski definition) is 2. The number of aromatic carboxylic acids is 2. The van der Waals surface area contributed by atoms with Gasteiger partial charge in [0.15, 0.2) is 5.78 Å². The number of fused-ring (bicyclic) bond motifs is 1. The highest BCUT2D eigenvalue weighted by molar-refractivity contribution is 6.03. The van der Waals surface area contributed by atoms with Gasteiger partial charge in [0.05, 0.1) is 25.3 Å². The van der Waals surface area contributed by atoms with Crippen LogP contribution in [0, 0.1) is 5.41 Å². The minimum Gasteiger partial charge on any atom is -0.497 e. The van der Waals surface area contributed by atoms with Crippen LogP contribution in [0.5, 0.6) is 11.5 Å². The van der Waals surface area contributed by atoms with Crippen molar-refractivity contribution in [3.63, 3.8) is 0 Å². The van der Waals surface area contributed by atoms with Gasteiger partial charge in [-0.05, 0) is 78.8 Å². The Morgan fingerprint density at radius 2 is 1.34 bits per heavy atom. The lowest BCUT2D eigenvalue weighted by Crippen LogP contribution is -2.40. The highest BCUT2D eigenvalue weighted by Crippen LogP contribution is 2.43. The van der Waals surface area contributed by atoms with E-state index in [2.05, 4.69) is 0 Å². The van der Waals surface area contributed by atoms with Crippen LogP contribution >= 0.6 is 0 Å². The van der Waals surface area contributed by atoms with Crippen LogP contribution in [-0.4, -0.2) is 42.2 Å². The molecule has 4 rings (SSSR count). The third-order valence-electron chi connectivity index (χ3n) is 6.76. The number of hydrogen-bond acceptors (Lipinski definition) is 5. The van der Waals surface area contributed by atoms with E-state index < -0.39 is 17.4 Å². The Labute approximate surface area is 202 Å². The SMILES string of the molecule is COc1ccc(C(=O)O)c(CC2(Cc3cc(OC)ccc3C(=O)O)CCc3ccccc3C2=O)c1. The summed E-state index contributed by atoms with van der Waals surface area (Å²) in [5, 5.41) is 19.6. The van der Waals surface area contributed by atoms with Crippen molar-refractivity contribution in [1.29, 1.82) is 0 Å². The van der Waals surface area contributed by atoms with Crippen LogP contribution in [0.15, 0.2) is 60.7 Å². The van der Waals surface area contributed by atoms with E-state index in [0.717, 1.165) is 5.56 Å². The van der Waals surface area contributed by atoms with Gasteiger partial charge in [0, 0.05) is 11.0 Å². The molecule has 7 heteroatoms. The second-order valence-corrected chi connectivity index (χ2v) is 8.78. The summed E-state index contributed by atoms with van der Waals surface area (Å²) in [6.45, 7) is 0. The van der Waals surface area contributed by atoms with Crippen LogP contribution in [0.25, 0.3) is 0 Å². The maximum atomic E-state index is 14.1. The maximum absolute atomic E-state index is 14.1. The van der Waals surface area contributed by atoms with Gasteiger partial charge in [0.1, 0.15) is 11.5 Å². The van der Waals surface area contributed by atoms with E-state index in [9.17, 15) is 24.6 Å². The number of ketones is 1. The molecule has 0 saturated carbocycles. The molecule has 180 valence electrons. The quantitative estimate of drug-likeness (QED) is 0.487. The van der Waals surface area contributed by atoms with E-state index >= 15 is 0 Å². The van der Waals surface area contributed by atoms with E-state index in [1.165, 1.54) is 26.4 Å². The number of Topliss-reactive ketones (excluding diaryl/α,β-unsaturated/α-hetero) is 1. The molecule has 3 aromatic rings. The summed E-state index contributed by atoms with van der Waals surface area (Å²) in [4.78, 5) is 38.1. The van der Waals surface area contributed by atoms with Crippen molar-refractivity contribution in [1.82, 2.24) is 0 Å². The number of methoxy groups -OCH3 is 2. The fraction of sp³-hybridized carbons (Fsp3) is 0.250. The van der Waals surface area contributed by atoms with Crippen LogP contribution in [0.4, 0.5) is 0 Å². The molecule has 2 N–H and O–H groups in total. The first-order valence-corrected chi connectivity index (χ1v) is 11.2. The summed E-state index contributed by atoms with van der Waals surface area (Å²) in [5.74, 6) is -1.37. The Morgan fingerprint density at radius 1 is 0.829 bits per heavy atom. The van der Waals surface area contributed by atoms with Crippen LogP contribution in [0.1, 0.15) is 54.2 Å². The Morgan fingerprint density at radius 3 is 1.83 bits per heavy atom. The standard InChI is InChI=1S/C28H26O7/c1-34-20-7-9-23(26(30)31)18(13-20)15-28(12-11-17-5-3-4-6-22(17)25(28)29)16-19-14-21(35-2)8-10-24(19)27(32)33/h3-10,13-14H,11-12,15-16H2,1-2H3,(H,30,31)(H,32,33). The lowest BCUT2D eigenvalue weighted by molar-refractivity contribution is 0.0685. The molecule has 0 radical (unpaired) electrons. The van der Waals surface area contributed by atoms with Crippen molar-refractivity contribution < 1.29 is 34.1 Å². The van der Waals surface area contributed by atoms with Gasteiger partial charge in [-0.25, -0.2) is 9.59 Å². The number of ether oxygens (including phenoxy) is 2. The van der Waals surface area contributed by atoms with Gasteiger partial charge in [-0.2, -0.15) is 0 Å². The largest absolute Gasteiger partial charge is 0.497 e. The third-order valence-corrected chi connectivity index (χ3v) is 6.76. The number of benzene rings is 3. The molecule has 0 saturated heterocycles. The monoisotopic (exact) mass is 474 g/mol. The second kappa shape index (κ2) is 9.62. The van der Waals surface area contributed by atoms with E-state index in [-0.39, 0.29) is 29.8 Å². The Bertz CT molecular complexity index is 1240. The Hall–Kier alpha value is -4.13. The van der Waals surface area contributed by atoms with Gasteiger partial charge in [-0.1, -0.05) is 24.3 Å². The van der Waals surface area contributed by atoms with Crippen LogP contribution in [-0.2, 0) is 19.3 Å². The Kier molecular flexibility index (Phi) is 6.60. The molecule has 0 unspecified atom stereocenters. The van der Waals surface area contributed by atoms with Gasteiger partial charge in [-0.3, -0.25) is 4.79 Å². The number of carboxylic acids is 2. The molecule has 7 nitrogen and oxygen atoms in total. The zero-order chi connectivity index (χ0) is 25.2. The van der Waals surface area contributed by atoms with Crippen molar-refractivity contribution >= 4 is 17.7 Å². The Balaban J connectivity index is 1.89. The molecular formula is C28H26O7. The molecule has 0 atom stereocenters. The zero-order valence-electron chi connectivity index (χ0n) is 19.5. The summed E-state index contributed by atoms with van der Waals surface area (Å²) in [6, 6.07) is 16.7. The van der Waals surface area contributed by atoms with E-state index in [1.54, 1.807) is 36.4 Å². The van der Waals surface area contributed by atoms with Gasteiger partial charge in [0.25, 0.3) is 0 Å². The summed E-state index contributed by atoms with van der Waals surface area (Å²) in [6.07, 6.45) is 1.29. The molecule has 3 aromatic carbocycles. The number of carbonyl (C=O) groups is 3. The molecule has 0 amide bonds. The average molecular weight is 475 g/mol. The number of carboxylic acid groups (broad SMARTS) is 2. The summed E-state index contributed by atoms with van der Waals surface area (Å²) in [7, 11) is 2.99. The molecule has 0 heterocycles. The van der Waals surface area contributed by atoms with Crippen LogP contribution in [0.3, 0.4) is 0 Å². The predicted molar refractivity (Wildman–Crippen MR) is 129 cm³/mol. The van der Waals surface area contributed by atoms with Gasteiger partial charge >= 0.3 is 11.9 Å². The van der Waals surface area contributed by atoms with Gasteiger partial charge in [0.2, 0.25) is 0 Å². The highest BCUT2D eigenvalue weighted by atomic mass is 16.5. The molecule has 0 fully saturated rings. The lowest BCUT2D eigenvalue weighted by atomic mass is 9.64. The topological polar surface area (TPSA) is 110 Å². The molecular weight excluding hydrogens is 448 g/mol. The summed E-state index contributed by atoms with van der Waals surface area (Å²) >= 11 is 0. The number of aryl methyl sites for hydroxylation is 1. The van der Waals surface area contributed by atoms with Crippen LogP contribution in [0.2, 0.25) is 0 Å². The first-order valence-electron chi connectivity index (χ1n) is 11.2. The smallest absolute Gasteiger partial charge is 0.335 e. The fourth-order valence-corrected chi connectivity index (χ4v) is 4.97. The van der Waals surface area contributed by atoms with Crippen molar-refractivity contribution in [2.75, 3.05) is 14.2 Å². The lowest BCUT2D eigenvalue weighted by Gasteiger charge is -2.38. The minimum atomic E-state index is -1.10. The third kappa shape index (κ3) is 4.62. The van der Waals surface area contributed by atoms with E-state index in [1.807, 2.05) is 12.1 Å². The number of carbonyl (C=O) groups excluding carboxylic acids is 1. The first kappa shape index (κ1) is 24.0. The zero-order valence-corrected chi connectivity index (χ0v) is 19.5. The molecule has 1 aliphatic carbocycles. The summed E-state index contributed by atoms with van der Waals surface area (Å²) in [5.41, 5.74) is 1.55. The van der Waals surface area contributed by atoms with Crippen LogP contribution < -0.4 is 9.47 Å². The van der Waals surface area contributed by atoms with E-state index in [4.69, 9.17) is 9.47 Å². The molecule has 0 aliphatic heterocycles. The molecule has 1 aliphatic rings. The fourth-order valence-electron chi connectivity index (χ4n) is 4.97. The normalized spacial score (nSPS) is 14.2. The van der Waals surface area contributed by atoms with Crippen molar-refractivity contribution in [2.24, 2.45) is 5.41 Å². The second-order valence-electron chi connectivity index (χ2n) is 8.78. The van der Waals surface area contributed by atoms with Crippen molar-refractivity contribution in [3.05, 3.63) is 94.0 Å². The van der Waals surface area contributed by atoms with E-state index in [0.29, 0.717) is 41.0 Å². The molecule has 0 spiro atoms. The van der Waals surface area contributed by atoms with Crippen molar-refractivity contribution in [3.8, 4) is 11.5 Å². The molecule has 0 aromatic heterocycles. The number of rotatable bonds is 8. The van der Waals surface area contributed by atoms with Crippen molar-refractivity contribution in [2.45, 2.75) is 25.7 Å². The highest BCUT2D eigenvalue weighted by Gasteiger charge is 2.44. The summed E-state index contributed by atoms with van der Waals surface area (Å²) < 4.78 is 10.6. The average Bonchev–Trinajstić information content (AvgIpc) is 2.86. The first-order chi connectivity index (χ1) is 16.8. The maximum Gasteiger partial charge on any atom is 0.335 e. The van der Waals surface area contributed by atoms with Gasteiger partial charge < -0.3 is 19.7 Å². The minimum absolute atomic E-state index is 0.0842. The van der Waals surface area contributed by atoms with Gasteiger partial charge in [-0.15, -0.1) is 0 Å². The predicted octanol–water partition coefficient (Wildman–Crippen LogP) is 4.70. The molecule has 35 heavy (non-hydrogen) atoms. The molecule has 0 bridgehead atoms.